The van der Waals surface area contributed by atoms with Crippen LogP contribution in [0.1, 0.15) is 27.7 Å². The lowest BCUT2D eigenvalue weighted by molar-refractivity contribution is -0.346. The van der Waals surface area contributed by atoms with E-state index < -0.39 is 0 Å². The van der Waals surface area contributed by atoms with Crippen LogP contribution in [0.5, 0.6) is 0 Å². The number of hydrogen-bond acceptors (Lipinski definition) is 2. The number of halogens is 1. The minimum atomic E-state index is -0.340. The van der Waals surface area contributed by atoms with Gasteiger partial charge >= 0.3 is 0 Å². The molecule has 1 saturated heterocycles. The Hall–Kier alpha value is -1.48. The maximum atomic E-state index is 5.82. The molecular weight excluding hydrogens is 262 g/mol. The van der Waals surface area contributed by atoms with Crippen molar-refractivity contribution in [2.45, 2.75) is 38.9 Å². The van der Waals surface area contributed by atoms with Gasteiger partial charge < -0.3 is 9.47 Å². The molecule has 0 bridgehead atoms. The van der Waals surface area contributed by atoms with Crippen LogP contribution in [0, 0.1) is 0 Å². The van der Waals surface area contributed by atoms with Crippen LogP contribution in [0.4, 0.5) is 5.69 Å². The second kappa shape index (κ2) is 4.89. The lowest BCUT2D eigenvalue weighted by Crippen LogP contribution is -2.60. The van der Waals surface area contributed by atoms with Crippen molar-refractivity contribution in [3.8, 4) is 0 Å². The molecule has 2 rings (SSSR count). The molecule has 0 saturated carbocycles. The average molecular weight is 281 g/mol. The molecule has 1 N–H and O–H groups in total. The predicted octanol–water partition coefficient (Wildman–Crippen LogP) is 2.57. The van der Waals surface area contributed by atoms with Crippen molar-refractivity contribution in [3.63, 3.8) is 0 Å². The fraction of sp³-hybridized carbons (Fsp3) is 0.400. The second-order valence-corrected chi connectivity index (χ2v) is 5.96. The van der Waals surface area contributed by atoms with E-state index in [0.29, 0.717) is 5.95 Å². The molecule has 1 aromatic carbocycles. The smallest absolute Gasteiger partial charge is 0.286 e. The van der Waals surface area contributed by atoms with E-state index in [0.717, 1.165) is 10.7 Å². The standard InChI is InChI=1S/C15H18ClNO2/c1-14(2)15(3,4)19-13(18-14)9-10-17-12-7-5-11(16)6-8-12/h5-10H,1-4H3/p+1. The maximum absolute atomic E-state index is 5.82. The summed E-state index contributed by atoms with van der Waals surface area (Å²) in [7, 11) is 0. The van der Waals surface area contributed by atoms with Crippen LogP contribution in [-0.4, -0.2) is 17.4 Å². The molecule has 0 radical (unpaired) electrons. The zero-order chi connectivity index (χ0) is 14.1. The van der Waals surface area contributed by atoms with Crippen LogP contribution in [0.3, 0.4) is 0 Å². The summed E-state index contributed by atoms with van der Waals surface area (Å²) in [5.41, 5.74) is 0.276. The average Bonchev–Trinajstić information content (AvgIpc) is 2.50. The van der Waals surface area contributed by atoms with E-state index in [1.54, 1.807) is 12.3 Å². The van der Waals surface area contributed by atoms with Crippen LogP contribution in [0.25, 0.3) is 0 Å². The quantitative estimate of drug-likeness (QED) is 0.845. The number of benzene rings is 1. The first-order valence-electron chi connectivity index (χ1n) is 6.24. The molecular formula is C15H19ClNO2+. The SMILES string of the molecule is CC1(C)OC(=CC=[NH+]c2ccc(Cl)cc2)OC1(C)C. The summed E-state index contributed by atoms with van der Waals surface area (Å²) in [6.45, 7) is 8.06. The van der Waals surface area contributed by atoms with Gasteiger partial charge in [0, 0.05) is 17.2 Å². The fourth-order valence-corrected chi connectivity index (χ4v) is 1.72. The third-order valence-electron chi connectivity index (χ3n) is 3.48. The monoisotopic (exact) mass is 280 g/mol. The van der Waals surface area contributed by atoms with Gasteiger partial charge in [-0.3, -0.25) is 0 Å². The number of nitrogens with one attached hydrogen (secondary N) is 1. The summed E-state index contributed by atoms with van der Waals surface area (Å²) < 4.78 is 11.5. The Labute approximate surface area is 118 Å². The van der Waals surface area contributed by atoms with Crippen molar-refractivity contribution in [1.29, 1.82) is 0 Å². The number of allylic oxidation sites excluding steroid dienone is 1. The Morgan fingerprint density at radius 2 is 1.53 bits per heavy atom. The van der Waals surface area contributed by atoms with Crippen LogP contribution >= 0.6 is 11.6 Å². The van der Waals surface area contributed by atoms with Gasteiger partial charge in [-0.25, -0.2) is 4.99 Å². The van der Waals surface area contributed by atoms with Gasteiger partial charge in [-0.15, -0.1) is 0 Å². The zero-order valence-corrected chi connectivity index (χ0v) is 12.4. The number of ether oxygens (including phenoxy) is 2. The fourth-order valence-electron chi connectivity index (χ4n) is 1.59. The van der Waals surface area contributed by atoms with Crippen molar-refractivity contribution in [2.24, 2.45) is 0 Å². The van der Waals surface area contributed by atoms with Gasteiger partial charge in [0.15, 0.2) is 6.21 Å². The van der Waals surface area contributed by atoms with Gasteiger partial charge in [-0.05, 0) is 39.8 Å². The Morgan fingerprint density at radius 1 is 1.00 bits per heavy atom. The molecule has 1 aliphatic heterocycles. The van der Waals surface area contributed by atoms with Gasteiger partial charge in [-0.1, -0.05) is 11.6 Å². The molecule has 1 fully saturated rings. The number of rotatable bonds is 2. The molecule has 1 aromatic rings. The van der Waals surface area contributed by atoms with Gasteiger partial charge in [0.25, 0.3) is 5.95 Å². The van der Waals surface area contributed by atoms with Crippen molar-refractivity contribution < 1.29 is 14.5 Å². The van der Waals surface area contributed by atoms with Crippen molar-refractivity contribution >= 4 is 23.5 Å². The minimum absolute atomic E-state index is 0.340. The first-order valence-corrected chi connectivity index (χ1v) is 6.62. The Bertz CT molecular complexity index is 497. The lowest BCUT2D eigenvalue weighted by atomic mass is 9.90. The summed E-state index contributed by atoms with van der Waals surface area (Å²) in [5, 5.41) is 0.717. The van der Waals surface area contributed by atoms with E-state index >= 15 is 0 Å². The summed E-state index contributed by atoms with van der Waals surface area (Å²) in [6, 6.07) is 7.47. The number of hydrogen-bond donors (Lipinski definition) is 1. The van der Waals surface area contributed by atoms with E-state index in [1.165, 1.54) is 0 Å². The first kappa shape index (κ1) is 13.9. The highest BCUT2D eigenvalue weighted by molar-refractivity contribution is 6.30. The molecule has 19 heavy (non-hydrogen) atoms. The van der Waals surface area contributed by atoms with Crippen molar-refractivity contribution in [1.82, 2.24) is 0 Å². The summed E-state index contributed by atoms with van der Waals surface area (Å²) >= 11 is 5.82. The van der Waals surface area contributed by atoms with Crippen LogP contribution in [0.15, 0.2) is 36.3 Å². The van der Waals surface area contributed by atoms with E-state index in [9.17, 15) is 0 Å². The highest BCUT2D eigenvalue weighted by Crippen LogP contribution is 2.39. The summed E-state index contributed by atoms with van der Waals surface area (Å²) in [4.78, 5) is 3.13. The normalized spacial score (nSPS) is 20.2. The van der Waals surface area contributed by atoms with Gasteiger partial charge in [0.2, 0.25) is 5.69 Å². The predicted molar refractivity (Wildman–Crippen MR) is 76.5 cm³/mol. The summed E-state index contributed by atoms with van der Waals surface area (Å²) in [5.74, 6) is 0.525. The van der Waals surface area contributed by atoms with Crippen molar-refractivity contribution in [3.05, 3.63) is 41.3 Å². The van der Waals surface area contributed by atoms with E-state index in [-0.39, 0.29) is 11.2 Å². The van der Waals surface area contributed by atoms with Crippen LogP contribution in [0.2, 0.25) is 5.02 Å². The summed E-state index contributed by atoms with van der Waals surface area (Å²) in [6.07, 6.45) is 3.57. The molecule has 3 nitrogen and oxygen atoms in total. The molecule has 1 heterocycles. The Balaban J connectivity index is 2.06. The third kappa shape index (κ3) is 3.10. The van der Waals surface area contributed by atoms with Crippen molar-refractivity contribution in [2.75, 3.05) is 0 Å². The Morgan fingerprint density at radius 3 is 2.05 bits per heavy atom. The third-order valence-corrected chi connectivity index (χ3v) is 3.73. The maximum Gasteiger partial charge on any atom is 0.286 e. The molecule has 0 aromatic heterocycles. The molecule has 0 amide bonds. The molecule has 0 spiro atoms. The van der Waals surface area contributed by atoms with Crippen LogP contribution < -0.4 is 4.99 Å². The molecule has 102 valence electrons. The first-order chi connectivity index (χ1) is 8.80. The molecule has 0 unspecified atom stereocenters. The topological polar surface area (TPSA) is 32.4 Å². The van der Waals surface area contributed by atoms with Gasteiger partial charge in [0.1, 0.15) is 11.2 Å². The highest BCUT2D eigenvalue weighted by atomic mass is 35.5. The zero-order valence-electron chi connectivity index (χ0n) is 11.7. The van der Waals surface area contributed by atoms with Gasteiger partial charge in [0.05, 0.1) is 6.08 Å². The highest BCUT2D eigenvalue weighted by Gasteiger charge is 2.48. The molecule has 1 aliphatic rings. The lowest BCUT2D eigenvalue weighted by Gasteiger charge is -2.28. The minimum Gasteiger partial charge on any atom is -0.455 e. The Kier molecular flexibility index (Phi) is 3.59. The second-order valence-electron chi connectivity index (χ2n) is 5.53. The van der Waals surface area contributed by atoms with Gasteiger partial charge in [-0.2, -0.15) is 0 Å². The molecule has 0 atom stereocenters. The van der Waals surface area contributed by atoms with E-state index in [2.05, 4.69) is 4.99 Å². The van der Waals surface area contributed by atoms with E-state index in [1.807, 2.05) is 52.0 Å². The van der Waals surface area contributed by atoms with Crippen LogP contribution in [-0.2, 0) is 9.47 Å². The van der Waals surface area contributed by atoms with E-state index in [4.69, 9.17) is 21.1 Å². The molecule has 4 heteroatoms. The molecule has 0 aliphatic carbocycles. The largest absolute Gasteiger partial charge is 0.455 e.